The third-order valence-corrected chi connectivity index (χ3v) is 5.52. The van der Waals surface area contributed by atoms with Crippen molar-refractivity contribution in [3.63, 3.8) is 0 Å². The molecule has 2 aromatic rings. The van der Waals surface area contributed by atoms with Crippen molar-refractivity contribution in [1.29, 1.82) is 0 Å². The maximum Gasteiger partial charge on any atom is 0.223 e. The van der Waals surface area contributed by atoms with Gasteiger partial charge in [-0.05, 0) is 38.1 Å². The van der Waals surface area contributed by atoms with E-state index in [9.17, 15) is 4.79 Å². The molecule has 0 aliphatic carbocycles. The fourth-order valence-corrected chi connectivity index (χ4v) is 3.91. The Hall–Kier alpha value is -2.17. The first-order valence-electron chi connectivity index (χ1n) is 10.3. The maximum atomic E-state index is 13.5. The lowest BCUT2D eigenvalue weighted by molar-refractivity contribution is -0.135. The zero-order valence-electron chi connectivity index (χ0n) is 17.1. The van der Waals surface area contributed by atoms with E-state index in [1.54, 1.807) is 0 Å². The summed E-state index contributed by atoms with van der Waals surface area (Å²) in [5, 5.41) is 0. The maximum absolute atomic E-state index is 13.5. The van der Waals surface area contributed by atoms with E-state index in [2.05, 4.69) is 72.4 Å². The Bertz CT molecular complexity index is 672. The topological polar surface area (TPSA) is 32.8 Å². The summed E-state index contributed by atoms with van der Waals surface area (Å²) < 4.78 is 5.53. The van der Waals surface area contributed by atoms with Crippen LogP contribution < -0.4 is 0 Å². The van der Waals surface area contributed by atoms with Crippen LogP contribution in [0.1, 0.15) is 36.3 Å². The minimum Gasteiger partial charge on any atom is -0.381 e. The molecule has 0 atom stereocenters. The van der Waals surface area contributed by atoms with Gasteiger partial charge >= 0.3 is 0 Å². The van der Waals surface area contributed by atoms with Crippen molar-refractivity contribution in [2.45, 2.75) is 31.2 Å². The number of amides is 1. The van der Waals surface area contributed by atoms with E-state index in [-0.39, 0.29) is 17.9 Å². The predicted molar refractivity (Wildman–Crippen MR) is 113 cm³/mol. The quantitative estimate of drug-likeness (QED) is 0.699. The molecule has 1 amide bonds. The Morgan fingerprint density at radius 3 is 1.96 bits per heavy atom. The zero-order valence-corrected chi connectivity index (χ0v) is 17.1. The molecule has 150 valence electrons. The fourth-order valence-electron chi connectivity index (χ4n) is 3.91. The number of hydrogen-bond donors (Lipinski definition) is 0. The van der Waals surface area contributed by atoms with Crippen molar-refractivity contribution < 1.29 is 9.53 Å². The second kappa shape index (κ2) is 10.4. The Balaban J connectivity index is 1.81. The van der Waals surface area contributed by atoms with Gasteiger partial charge in [-0.25, -0.2) is 0 Å². The summed E-state index contributed by atoms with van der Waals surface area (Å²) in [7, 11) is 4.12. The van der Waals surface area contributed by atoms with Crippen molar-refractivity contribution in [2.24, 2.45) is 0 Å². The lowest BCUT2D eigenvalue weighted by Gasteiger charge is -2.36. The van der Waals surface area contributed by atoms with Gasteiger partial charge < -0.3 is 14.5 Å². The number of carbonyl (C=O) groups is 1. The van der Waals surface area contributed by atoms with Gasteiger partial charge in [0.25, 0.3) is 0 Å². The molecule has 1 aliphatic heterocycles. The number of ether oxygens (including phenoxy) is 1. The monoisotopic (exact) mass is 380 g/mol. The molecule has 0 N–H and O–H groups in total. The number of likely N-dealkylation sites (N-methyl/N-ethyl adjacent to an activating group) is 1. The van der Waals surface area contributed by atoms with E-state index in [0.717, 1.165) is 39.1 Å². The summed E-state index contributed by atoms with van der Waals surface area (Å²) in [6.07, 6.45) is 2.36. The van der Waals surface area contributed by atoms with E-state index in [0.29, 0.717) is 6.42 Å². The lowest BCUT2D eigenvalue weighted by Crippen LogP contribution is -2.46. The predicted octanol–water partition coefficient (Wildman–Crippen LogP) is 3.78. The second-order valence-electron chi connectivity index (χ2n) is 7.81. The largest absolute Gasteiger partial charge is 0.381 e. The van der Waals surface area contributed by atoms with Crippen LogP contribution in [0, 0.1) is 0 Å². The summed E-state index contributed by atoms with van der Waals surface area (Å²) in [4.78, 5) is 17.7. The Morgan fingerprint density at radius 1 is 0.929 bits per heavy atom. The van der Waals surface area contributed by atoms with E-state index in [4.69, 9.17) is 4.74 Å². The molecule has 4 heteroatoms. The molecular formula is C24H32N2O2. The van der Waals surface area contributed by atoms with Gasteiger partial charge in [-0.3, -0.25) is 4.79 Å². The van der Waals surface area contributed by atoms with Crippen LogP contribution in [0.15, 0.2) is 60.7 Å². The van der Waals surface area contributed by atoms with Crippen LogP contribution in [-0.4, -0.2) is 62.1 Å². The number of nitrogens with zero attached hydrogens (tertiary/aromatic N) is 2. The van der Waals surface area contributed by atoms with Gasteiger partial charge in [0.1, 0.15) is 0 Å². The standard InChI is InChI=1S/C24H32N2O2/c1-25(2)15-16-26(22-13-17-28-18-14-22)24(27)19-23(20-9-5-3-6-10-20)21-11-7-4-8-12-21/h3-12,22-23H,13-19H2,1-2H3. The highest BCUT2D eigenvalue weighted by Gasteiger charge is 2.28. The van der Waals surface area contributed by atoms with E-state index >= 15 is 0 Å². The van der Waals surface area contributed by atoms with Crippen LogP contribution in [0.5, 0.6) is 0 Å². The highest BCUT2D eigenvalue weighted by molar-refractivity contribution is 5.78. The number of benzene rings is 2. The fraction of sp³-hybridized carbons (Fsp3) is 0.458. The van der Waals surface area contributed by atoms with Crippen LogP contribution in [0.4, 0.5) is 0 Å². The molecule has 0 spiro atoms. The van der Waals surface area contributed by atoms with Gasteiger partial charge in [0.2, 0.25) is 5.91 Å². The van der Waals surface area contributed by atoms with Gasteiger partial charge in [-0.2, -0.15) is 0 Å². The molecule has 4 nitrogen and oxygen atoms in total. The summed E-state index contributed by atoms with van der Waals surface area (Å²) in [6.45, 7) is 3.14. The van der Waals surface area contributed by atoms with Gasteiger partial charge in [0, 0.05) is 44.7 Å². The number of rotatable bonds is 8. The molecule has 3 rings (SSSR count). The lowest BCUT2D eigenvalue weighted by atomic mass is 9.88. The van der Waals surface area contributed by atoms with Crippen LogP contribution in [-0.2, 0) is 9.53 Å². The Kier molecular flexibility index (Phi) is 7.63. The van der Waals surface area contributed by atoms with Crippen LogP contribution in [0.2, 0.25) is 0 Å². The van der Waals surface area contributed by atoms with Crippen molar-refractivity contribution in [2.75, 3.05) is 40.4 Å². The molecule has 2 aromatic carbocycles. The molecule has 0 bridgehead atoms. The second-order valence-corrected chi connectivity index (χ2v) is 7.81. The van der Waals surface area contributed by atoms with Crippen molar-refractivity contribution in [1.82, 2.24) is 9.80 Å². The van der Waals surface area contributed by atoms with Gasteiger partial charge in [0.05, 0.1) is 0 Å². The summed E-state index contributed by atoms with van der Waals surface area (Å²) in [5.41, 5.74) is 2.39. The molecule has 1 heterocycles. The van der Waals surface area contributed by atoms with Crippen LogP contribution in [0.3, 0.4) is 0 Å². The smallest absolute Gasteiger partial charge is 0.223 e. The van der Waals surface area contributed by atoms with Gasteiger partial charge in [-0.15, -0.1) is 0 Å². The summed E-state index contributed by atoms with van der Waals surface area (Å²) in [5.74, 6) is 0.322. The molecule has 0 radical (unpaired) electrons. The van der Waals surface area contributed by atoms with Crippen molar-refractivity contribution in [3.8, 4) is 0 Å². The third-order valence-electron chi connectivity index (χ3n) is 5.52. The highest BCUT2D eigenvalue weighted by atomic mass is 16.5. The first-order valence-corrected chi connectivity index (χ1v) is 10.3. The molecule has 0 saturated carbocycles. The van der Waals surface area contributed by atoms with E-state index < -0.39 is 0 Å². The molecule has 1 fully saturated rings. The first kappa shape index (κ1) is 20.6. The van der Waals surface area contributed by atoms with Gasteiger partial charge in [-0.1, -0.05) is 60.7 Å². The third kappa shape index (κ3) is 5.66. The normalized spacial score (nSPS) is 15.1. The highest BCUT2D eigenvalue weighted by Crippen LogP contribution is 2.29. The average molecular weight is 381 g/mol. The summed E-state index contributed by atoms with van der Waals surface area (Å²) >= 11 is 0. The summed E-state index contributed by atoms with van der Waals surface area (Å²) in [6, 6.07) is 21.1. The average Bonchev–Trinajstić information content (AvgIpc) is 2.74. The molecule has 1 saturated heterocycles. The van der Waals surface area contributed by atoms with Crippen molar-refractivity contribution >= 4 is 5.91 Å². The molecule has 1 aliphatic rings. The Labute approximate surface area is 169 Å². The SMILES string of the molecule is CN(C)CCN(C(=O)CC(c1ccccc1)c1ccccc1)C1CCOCC1. The molecule has 28 heavy (non-hydrogen) atoms. The number of hydrogen-bond acceptors (Lipinski definition) is 3. The van der Waals surface area contributed by atoms with Crippen molar-refractivity contribution in [3.05, 3.63) is 71.8 Å². The first-order chi connectivity index (χ1) is 13.6. The van der Waals surface area contributed by atoms with E-state index in [1.807, 2.05) is 12.1 Å². The van der Waals surface area contributed by atoms with Gasteiger partial charge in [0.15, 0.2) is 0 Å². The van der Waals surface area contributed by atoms with Crippen LogP contribution >= 0.6 is 0 Å². The molecule has 0 unspecified atom stereocenters. The zero-order chi connectivity index (χ0) is 19.8. The minimum atomic E-state index is 0.0802. The molecule has 0 aromatic heterocycles. The minimum absolute atomic E-state index is 0.0802. The Morgan fingerprint density at radius 2 is 1.46 bits per heavy atom. The number of carbonyl (C=O) groups excluding carboxylic acids is 1. The molecular weight excluding hydrogens is 348 g/mol. The van der Waals surface area contributed by atoms with E-state index in [1.165, 1.54) is 11.1 Å². The van der Waals surface area contributed by atoms with Crippen LogP contribution in [0.25, 0.3) is 0 Å².